The van der Waals surface area contributed by atoms with Crippen LogP contribution in [0.1, 0.15) is 33.2 Å². The molecule has 0 radical (unpaired) electrons. The predicted molar refractivity (Wildman–Crippen MR) is 111 cm³/mol. The van der Waals surface area contributed by atoms with E-state index >= 15 is 0 Å². The summed E-state index contributed by atoms with van der Waals surface area (Å²) in [5.41, 5.74) is 3.77. The molecule has 28 heavy (non-hydrogen) atoms. The van der Waals surface area contributed by atoms with Gasteiger partial charge in [-0.25, -0.2) is 0 Å². The lowest BCUT2D eigenvalue weighted by Crippen LogP contribution is -2.49. The molecule has 0 bridgehead atoms. The number of aromatic amines is 1. The Morgan fingerprint density at radius 1 is 0.964 bits per heavy atom. The zero-order valence-corrected chi connectivity index (χ0v) is 16.1. The molecule has 2 aromatic carbocycles. The number of para-hydroxylation sites is 1. The summed E-state index contributed by atoms with van der Waals surface area (Å²) in [6, 6.07) is 15.5. The lowest BCUT2D eigenvalue weighted by molar-refractivity contribution is 0.0624. The monoisotopic (exact) mass is 375 g/mol. The molecule has 1 saturated heterocycles. The van der Waals surface area contributed by atoms with Gasteiger partial charge in [0.2, 0.25) is 0 Å². The van der Waals surface area contributed by atoms with Gasteiger partial charge in [0, 0.05) is 54.4 Å². The summed E-state index contributed by atoms with van der Waals surface area (Å²) in [6.07, 6.45) is 2.77. The van der Waals surface area contributed by atoms with Crippen LogP contribution in [0.25, 0.3) is 10.9 Å². The van der Waals surface area contributed by atoms with Gasteiger partial charge in [-0.05, 0) is 24.1 Å². The van der Waals surface area contributed by atoms with Gasteiger partial charge in [0.05, 0.1) is 6.54 Å². The first-order chi connectivity index (χ1) is 13.7. The maximum atomic E-state index is 12.9. The molecule has 0 unspecified atom stereocenters. The molecule has 144 valence electrons. The molecule has 0 atom stereocenters. The topological polar surface area (TPSA) is 56.4 Å². The average Bonchev–Trinajstić information content (AvgIpc) is 3.19. The molecule has 5 heteroatoms. The summed E-state index contributed by atoms with van der Waals surface area (Å²) in [5.74, 6) is 0.192. The number of ketones is 1. The van der Waals surface area contributed by atoms with Gasteiger partial charge in [0.25, 0.3) is 5.91 Å². The SMILES string of the molecule is CCc1cccc2c(C(=O)CN3CCN(C(=O)c4ccccc4)CC3)c[nH]c12. The molecule has 0 spiro atoms. The number of H-pyrrole nitrogens is 1. The molecule has 1 aliphatic heterocycles. The number of nitrogens with zero attached hydrogens (tertiary/aromatic N) is 2. The minimum Gasteiger partial charge on any atom is -0.360 e. The van der Waals surface area contributed by atoms with Crippen LogP contribution in [0.15, 0.2) is 54.7 Å². The highest BCUT2D eigenvalue weighted by Crippen LogP contribution is 2.23. The van der Waals surface area contributed by atoms with Crippen LogP contribution < -0.4 is 0 Å². The van der Waals surface area contributed by atoms with Crippen molar-refractivity contribution in [3.05, 3.63) is 71.4 Å². The highest BCUT2D eigenvalue weighted by atomic mass is 16.2. The molecule has 1 aliphatic rings. The first kappa shape index (κ1) is 18.4. The normalized spacial score (nSPS) is 15.1. The van der Waals surface area contributed by atoms with E-state index in [1.54, 1.807) is 0 Å². The molecule has 5 nitrogen and oxygen atoms in total. The van der Waals surface area contributed by atoms with E-state index in [2.05, 4.69) is 22.9 Å². The third kappa shape index (κ3) is 3.58. The highest BCUT2D eigenvalue weighted by Gasteiger charge is 2.24. The smallest absolute Gasteiger partial charge is 0.253 e. The van der Waals surface area contributed by atoms with Crippen LogP contribution in [0.3, 0.4) is 0 Å². The van der Waals surface area contributed by atoms with E-state index in [9.17, 15) is 9.59 Å². The van der Waals surface area contributed by atoms with Gasteiger partial charge in [0.1, 0.15) is 0 Å². The number of hydrogen-bond donors (Lipinski definition) is 1. The molecule has 1 amide bonds. The quantitative estimate of drug-likeness (QED) is 0.696. The average molecular weight is 375 g/mol. The molecule has 0 saturated carbocycles. The maximum absolute atomic E-state index is 12.9. The van der Waals surface area contributed by atoms with E-state index in [1.165, 1.54) is 5.56 Å². The van der Waals surface area contributed by atoms with Crippen LogP contribution in [0.4, 0.5) is 0 Å². The van der Waals surface area contributed by atoms with Crippen LogP contribution in [0.2, 0.25) is 0 Å². The van der Waals surface area contributed by atoms with Gasteiger partial charge >= 0.3 is 0 Å². The van der Waals surface area contributed by atoms with Gasteiger partial charge in [0.15, 0.2) is 5.78 Å². The number of amides is 1. The molecular formula is C23H25N3O2. The first-order valence-corrected chi connectivity index (χ1v) is 9.86. The Labute approximate surface area is 165 Å². The van der Waals surface area contributed by atoms with Crippen molar-refractivity contribution in [2.75, 3.05) is 32.7 Å². The number of benzene rings is 2. The van der Waals surface area contributed by atoms with Crippen LogP contribution in [-0.4, -0.2) is 59.2 Å². The Morgan fingerprint density at radius 2 is 1.71 bits per heavy atom. The largest absolute Gasteiger partial charge is 0.360 e. The van der Waals surface area contributed by atoms with Gasteiger partial charge in [-0.3, -0.25) is 14.5 Å². The number of piperazine rings is 1. The Balaban J connectivity index is 1.39. The number of nitrogens with one attached hydrogen (secondary N) is 1. The number of hydrogen-bond acceptors (Lipinski definition) is 3. The summed E-state index contributed by atoms with van der Waals surface area (Å²) < 4.78 is 0. The second kappa shape index (κ2) is 7.98. The molecule has 1 aromatic heterocycles. The van der Waals surface area contributed by atoms with Crippen molar-refractivity contribution in [2.45, 2.75) is 13.3 Å². The van der Waals surface area contributed by atoms with Crippen LogP contribution in [0.5, 0.6) is 0 Å². The van der Waals surface area contributed by atoms with Gasteiger partial charge in [-0.15, -0.1) is 0 Å². The summed E-state index contributed by atoms with van der Waals surface area (Å²) in [4.78, 5) is 32.7. The van der Waals surface area contributed by atoms with Crippen molar-refractivity contribution in [1.82, 2.24) is 14.8 Å². The number of Topliss-reactive ketones (excluding diaryl/α,β-unsaturated/α-hetero) is 1. The number of rotatable bonds is 5. The maximum Gasteiger partial charge on any atom is 0.253 e. The molecule has 2 heterocycles. The zero-order chi connectivity index (χ0) is 19.5. The fourth-order valence-corrected chi connectivity index (χ4v) is 3.90. The first-order valence-electron chi connectivity index (χ1n) is 9.86. The molecule has 0 aliphatic carbocycles. The lowest BCUT2D eigenvalue weighted by Gasteiger charge is -2.34. The Hall–Kier alpha value is -2.92. The number of carbonyl (C=O) groups excluding carboxylic acids is 2. The highest BCUT2D eigenvalue weighted by molar-refractivity contribution is 6.09. The Kier molecular flexibility index (Phi) is 5.26. The Bertz CT molecular complexity index is 986. The second-order valence-corrected chi connectivity index (χ2v) is 7.25. The van der Waals surface area contributed by atoms with E-state index in [-0.39, 0.29) is 11.7 Å². The number of aromatic nitrogens is 1. The number of aryl methyl sites for hydroxylation is 1. The van der Waals surface area contributed by atoms with E-state index in [0.717, 1.165) is 28.5 Å². The number of carbonyl (C=O) groups is 2. The van der Waals surface area contributed by atoms with Crippen molar-refractivity contribution >= 4 is 22.6 Å². The fourth-order valence-electron chi connectivity index (χ4n) is 3.90. The zero-order valence-electron chi connectivity index (χ0n) is 16.1. The third-order valence-corrected chi connectivity index (χ3v) is 5.53. The van der Waals surface area contributed by atoms with Crippen molar-refractivity contribution in [1.29, 1.82) is 0 Å². The van der Waals surface area contributed by atoms with Crippen LogP contribution >= 0.6 is 0 Å². The number of fused-ring (bicyclic) bond motifs is 1. The van der Waals surface area contributed by atoms with Gasteiger partial charge in [-0.2, -0.15) is 0 Å². The van der Waals surface area contributed by atoms with E-state index in [1.807, 2.05) is 53.6 Å². The van der Waals surface area contributed by atoms with Gasteiger partial charge < -0.3 is 9.88 Å². The van der Waals surface area contributed by atoms with Crippen LogP contribution in [-0.2, 0) is 6.42 Å². The summed E-state index contributed by atoms with van der Waals surface area (Å²) >= 11 is 0. The second-order valence-electron chi connectivity index (χ2n) is 7.25. The van der Waals surface area contributed by atoms with Crippen molar-refractivity contribution in [3.8, 4) is 0 Å². The minimum absolute atomic E-state index is 0.0651. The standard InChI is InChI=1S/C23H25N3O2/c1-2-17-9-6-10-19-20(15-24-22(17)19)21(27)16-25-11-13-26(14-12-25)23(28)18-7-4-3-5-8-18/h3-10,15,24H,2,11-14,16H2,1H3. The van der Waals surface area contributed by atoms with E-state index in [4.69, 9.17) is 0 Å². The van der Waals surface area contributed by atoms with Crippen molar-refractivity contribution in [3.63, 3.8) is 0 Å². The van der Waals surface area contributed by atoms with Crippen molar-refractivity contribution < 1.29 is 9.59 Å². The molecule has 1 N–H and O–H groups in total. The summed E-state index contributed by atoms with van der Waals surface area (Å²) in [6.45, 7) is 5.23. The van der Waals surface area contributed by atoms with E-state index < -0.39 is 0 Å². The van der Waals surface area contributed by atoms with Gasteiger partial charge in [-0.1, -0.05) is 43.3 Å². The summed E-state index contributed by atoms with van der Waals surface area (Å²) in [5, 5.41) is 1.00. The summed E-state index contributed by atoms with van der Waals surface area (Å²) in [7, 11) is 0. The Morgan fingerprint density at radius 3 is 2.43 bits per heavy atom. The minimum atomic E-state index is 0.0651. The van der Waals surface area contributed by atoms with E-state index in [0.29, 0.717) is 32.7 Å². The lowest BCUT2D eigenvalue weighted by atomic mass is 10.0. The fraction of sp³-hybridized carbons (Fsp3) is 0.304. The third-order valence-electron chi connectivity index (χ3n) is 5.53. The molecule has 4 rings (SSSR count). The molecule has 3 aromatic rings. The van der Waals surface area contributed by atoms with Crippen LogP contribution in [0, 0.1) is 0 Å². The predicted octanol–water partition coefficient (Wildman–Crippen LogP) is 3.37. The van der Waals surface area contributed by atoms with Crippen molar-refractivity contribution in [2.24, 2.45) is 0 Å². The molecule has 1 fully saturated rings. The molecular weight excluding hydrogens is 350 g/mol.